The third-order valence-corrected chi connectivity index (χ3v) is 6.24. The summed E-state index contributed by atoms with van der Waals surface area (Å²) in [5.41, 5.74) is 3.59. The van der Waals surface area contributed by atoms with Crippen LogP contribution in [0.3, 0.4) is 0 Å². The van der Waals surface area contributed by atoms with Crippen molar-refractivity contribution in [2.24, 2.45) is 0 Å². The van der Waals surface area contributed by atoms with E-state index in [1.54, 1.807) is 0 Å². The second-order valence-electron chi connectivity index (χ2n) is 9.18. The summed E-state index contributed by atoms with van der Waals surface area (Å²) in [7, 11) is 0. The number of aliphatic carboxylic acids is 1. The van der Waals surface area contributed by atoms with Gasteiger partial charge in [-0.2, -0.15) is 0 Å². The molecule has 0 atom stereocenters. The van der Waals surface area contributed by atoms with Crippen molar-refractivity contribution in [3.8, 4) is 0 Å². The van der Waals surface area contributed by atoms with Crippen LogP contribution in [0.5, 0.6) is 0 Å². The van der Waals surface area contributed by atoms with E-state index >= 15 is 0 Å². The monoisotopic (exact) mass is 521 g/mol. The fourth-order valence-corrected chi connectivity index (χ4v) is 4.48. The van der Waals surface area contributed by atoms with Crippen LogP contribution in [0, 0.1) is 0 Å². The molecule has 7 heteroatoms. The quantitative estimate of drug-likeness (QED) is 0.260. The van der Waals surface area contributed by atoms with Crippen molar-refractivity contribution < 1.29 is 19.5 Å². The summed E-state index contributed by atoms with van der Waals surface area (Å²) < 4.78 is 0. The molecule has 0 saturated carbocycles. The van der Waals surface area contributed by atoms with E-state index in [-0.39, 0.29) is 24.9 Å². The van der Waals surface area contributed by atoms with Crippen LogP contribution in [-0.4, -0.2) is 47.4 Å². The number of carbonyl (C=O) groups excluding carboxylic acids is 2. The van der Waals surface area contributed by atoms with Gasteiger partial charge in [-0.25, -0.2) is 0 Å². The van der Waals surface area contributed by atoms with Gasteiger partial charge in [-0.1, -0.05) is 121 Å². The second kappa shape index (κ2) is 13.7. The van der Waals surface area contributed by atoms with E-state index < -0.39 is 24.6 Å². The molecule has 7 nitrogen and oxygen atoms in total. The minimum atomic E-state index is -1.12. The first kappa shape index (κ1) is 27.3. The van der Waals surface area contributed by atoms with Gasteiger partial charge in [-0.05, 0) is 22.3 Å². The zero-order valence-electron chi connectivity index (χ0n) is 21.4. The zero-order valence-corrected chi connectivity index (χ0v) is 21.4. The lowest BCUT2D eigenvalue weighted by Crippen LogP contribution is -2.46. The van der Waals surface area contributed by atoms with Crippen molar-refractivity contribution in [3.05, 3.63) is 144 Å². The molecule has 39 heavy (non-hydrogen) atoms. The highest BCUT2D eigenvalue weighted by Crippen LogP contribution is 2.23. The van der Waals surface area contributed by atoms with Gasteiger partial charge in [0.1, 0.15) is 0 Å². The van der Waals surface area contributed by atoms with Crippen LogP contribution in [0.15, 0.2) is 121 Å². The molecule has 0 aliphatic rings. The van der Waals surface area contributed by atoms with E-state index in [0.29, 0.717) is 0 Å². The predicted molar refractivity (Wildman–Crippen MR) is 150 cm³/mol. The number of carboxylic acids is 1. The van der Waals surface area contributed by atoms with E-state index in [1.165, 1.54) is 4.90 Å². The summed E-state index contributed by atoms with van der Waals surface area (Å²) in [6.45, 7) is -0.960. The van der Waals surface area contributed by atoms with Gasteiger partial charge in [0.05, 0.1) is 31.7 Å². The maximum atomic E-state index is 13.2. The van der Waals surface area contributed by atoms with E-state index in [2.05, 4.69) is 10.6 Å². The average molecular weight is 522 g/mol. The number of carbonyl (C=O) groups is 3. The van der Waals surface area contributed by atoms with Gasteiger partial charge in [0.15, 0.2) is 0 Å². The summed E-state index contributed by atoms with van der Waals surface area (Å²) in [5, 5.41) is 15.5. The van der Waals surface area contributed by atoms with Gasteiger partial charge in [-0.3, -0.25) is 19.3 Å². The number of hydrogen-bond acceptors (Lipinski definition) is 4. The molecule has 4 aromatic carbocycles. The summed E-state index contributed by atoms with van der Waals surface area (Å²) in [6.07, 6.45) is 0. The molecule has 4 rings (SSSR count). The first-order chi connectivity index (χ1) is 19.0. The summed E-state index contributed by atoms with van der Waals surface area (Å²) in [6, 6.07) is 37.3. The topological polar surface area (TPSA) is 98.7 Å². The molecule has 4 aromatic rings. The number of rotatable bonds is 12. The van der Waals surface area contributed by atoms with Crippen LogP contribution in [-0.2, 0) is 14.4 Å². The third kappa shape index (κ3) is 8.12. The smallest absolute Gasteiger partial charge is 0.317 e. The lowest BCUT2D eigenvalue weighted by atomic mass is 9.98. The highest BCUT2D eigenvalue weighted by molar-refractivity contribution is 5.83. The Bertz CT molecular complexity index is 1170. The summed E-state index contributed by atoms with van der Waals surface area (Å²) in [5.74, 6) is -1.89. The number of nitrogens with zero attached hydrogens (tertiary/aromatic N) is 1. The number of nitrogens with one attached hydrogen (secondary N) is 2. The van der Waals surface area contributed by atoms with Crippen molar-refractivity contribution >= 4 is 17.8 Å². The Morgan fingerprint density at radius 2 is 0.795 bits per heavy atom. The van der Waals surface area contributed by atoms with Gasteiger partial charge in [0, 0.05) is 0 Å². The fraction of sp³-hybridized carbons (Fsp3) is 0.156. The van der Waals surface area contributed by atoms with Crippen molar-refractivity contribution in [3.63, 3.8) is 0 Å². The van der Waals surface area contributed by atoms with Crippen LogP contribution in [0.1, 0.15) is 34.3 Å². The van der Waals surface area contributed by atoms with Crippen LogP contribution >= 0.6 is 0 Å². The fourth-order valence-electron chi connectivity index (χ4n) is 4.48. The lowest BCUT2D eigenvalue weighted by molar-refractivity contribution is -0.139. The third-order valence-electron chi connectivity index (χ3n) is 6.24. The molecular formula is C32H31N3O4. The summed E-state index contributed by atoms with van der Waals surface area (Å²) in [4.78, 5) is 39.2. The van der Waals surface area contributed by atoms with Crippen molar-refractivity contribution in [1.82, 2.24) is 15.5 Å². The van der Waals surface area contributed by atoms with Gasteiger partial charge < -0.3 is 15.7 Å². The SMILES string of the molecule is O=C(O)CN(CC(=O)NC(c1ccccc1)c1ccccc1)CC(=O)NC(c1ccccc1)c1ccccc1. The van der Waals surface area contributed by atoms with Gasteiger partial charge >= 0.3 is 5.97 Å². The lowest BCUT2D eigenvalue weighted by Gasteiger charge is -2.25. The molecule has 0 bridgehead atoms. The van der Waals surface area contributed by atoms with Crippen LogP contribution in [0.4, 0.5) is 0 Å². The van der Waals surface area contributed by atoms with Crippen molar-refractivity contribution in [2.75, 3.05) is 19.6 Å². The predicted octanol–water partition coefficient (Wildman–Crippen LogP) is 4.18. The molecule has 0 aromatic heterocycles. The molecule has 0 heterocycles. The van der Waals surface area contributed by atoms with Gasteiger partial charge in [0.2, 0.25) is 11.8 Å². The second-order valence-corrected chi connectivity index (χ2v) is 9.18. The molecule has 2 amide bonds. The molecule has 0 fully saturated rings. The average Bonchev–Trinajstić information content (AvgIpc) is 2.96. The van der Waals surface area contributed by atoms with Crippen LogP contribution < -0.4 is 10.6 Å². The highest BCUT2D eigenvalue weighted by atomic mass is 16.4. The van der Waals surface area contributed by atoms with E-state index in [0.717, 1.165) is 22.3 Å². The van der Waals surface area contributed by atoms with Crippen molar-refractivity contribution in [1.29, 1.82) is 0 Å². The standard InChI is InChI=1S/C32H31N3O4/c36-28(33-31(24-13-5-1-6-14-24)25-15-7-2-8-16-25)21-35(23-30(38)39)22-29(37)34-32(26-17-9-3-10-18-26)27-19-11-4-12-20-27/h1-20,31-32H,21-23H2,(H,33,36)(H,34,37)(H,38,39). The minimum Gasteiger partial charge on any atom is -0.480 e. The molecule has 0 aliphatic heterocycles. The molecular weight excluding hydrogens is 490 g/mol. The Morgan fingerprint density at radius 3 is 1.05 bits per heavy atom. The number of carboxylic acid groups (broad SMARTS) is 1. The number of hydrogen-bond donors (Lipinski definition) is 3. The Balaban J connectivity index is 1.47. The normalized spacial score (nSPS) is 10.9. The number of benzene rings is 4. The van der Waals surface area contributed by atoms with E-state index in [4.69, 9.17) is 0 Å². The molecule has 0 radical (unpaired) electrons. The molecule has 0 saturated heterocycles. The maximum Gasteiger partial charge on any atom is 0.317 e. The molecule has 0 aliphatic carbocycles. The van der Waals surface area contributed by atoms with Crippen LogP contribution in [0.25, 0.3) is 0 Å². The summed E-state index contributed by atoms with van der Waals surface area (Å²) >= 11 is 0. The number of amides is 2. The van der Waals surface area contributed by atoms with Gasteiger partial charge in [0.25, 0.3) is 0 Å². The van der Waals surface area contributed by atoms with Crippen LogP contribution in [0.2, 0.25) is 0 Å². The Kier molecular flexibility index (Phi) is 9.58. The Hall–Kier alpha value is -4.75. The molecule has 0 spiro atoms. The van der Waals surface area contributed by atoms with Crippen molar-refractivity contribution in [2.45, 2.75) is 12.1 Å². The van der Waals surface area contributed by atoms with Gasteiger partial charge in [-0.15, -0.1) is 0 Å². The Morgan fingerprint density at radius 1 is 0.513 bits per heavy atom. The highest BCUT2D eigenvalue weighted by Gasteiger charge is 2.23. The first-order valence-corrected chi connectivity index (χ1v) is 12.7. The minimum absolute atomic E-state index is 0.253. The maximum absolute atomic E-state index is 13.2. The Labute approximate surface area is 228 Å². The molecule has 198 valence electrons. The zero-order chi connectivity index (χ0) is 27.5. The largest absolute Gasteiger partial charge is 0.480 e. The van der Waals surface area contributed by atoms with E-state index in [9.17, 15) is 19.5 Å². The van der Waals surface area contributed by atoms with E-state index in [1.807, 2.05) is 121 Å². The molecule has 0 unspecified atom stereocenters. The molecule has 3 N–H and O–H groups in total. The first-order valence-electron chi connectivity index (χ1n) is 12.7.